The van der Waals surface area contributed by atoms with E-state index in [4.69, 9.17) is 0 Å². The summed E-state index contributed by atoms with van der Waals surface area (Å²) in [6.07, 6.45) is -3.12. The SMILES string of the molecule is CN1NC(C(O)N(CC2CCC2)CC2CCC(O)CC2F)CC1C(F)(F)F. The zero-order chi connectivity index (χ0) is 19.8. The van der Waals surface area contributed by atoms with E-state index >= 15 is 0 Å². The molecule has 3 N–H and O–H groups in total. The smallest absolute Gasteiger partial charge is 0.393 e. The van der Waals surface area contributed by atoms with Crippen molar-refractivity contribution in [2.24, 2.45) is 11.8 Å². The van der Waals surface area contributed by atoms with Gasteiger partial charge in [-0.2, -0.15) is 13.2 Å². The molecule has 27 heavy (non-hydrogen) atoms. The molecule has 0 amide bonds. The average molecular weight is 397 g/mol. The predicted molar refractivity (Wildman–Crippen MR) is 92.3 cm³/mol. The molecule has 1 aliphatic heterocycles. The second kappa shape index (κ2) is 8.49. The molecule has 0 spiro atoms. The van der Waals surface area contributed by atoms with Crippen LogP contribution in [0.25, 0.3) is 0 Å². The van der Waals surface area contributed by atoms with E-state index in [0.29, 0.717) is 31.8 Å². The Bertz CT molecular complexity index is 492. The number of hydrogen-bond acceptors (Lipinski definition) is 5. The lowest BCUT2D eigenvalue weighted by molar-refractivity contribution is -0.176. The van der Waals surface area contributed by atoms with Gasteiger partial charge in [-0.1, -0.05) is 6.42 Å². The number of nitrogens with zero attached hydrogens (tertiary/aromatic N) is 2. The minimum absolute atomic E-state index is 0.0958. The van der Waals surface area contributed by atoms with Gasteiger partial charge < -0.3 is 10.2 Å². The van der Waals surface area contributed by atoms with Crippen LogP contribution in [0.15, 0.2) is 0 Å². The standard InChI is InChI=1S/C18H31F4N3O2/c1-24-16(18(20,21)22)8-15(23-24)17(27)25(9-11-3-2-4-11)10-12-5-6-13(26)7-14(12)19/h11-17,23,26-27H,2-10H2,1H3. The first-order valence-electron chi connectivity index (χ1n) is 9.95. The Morgan fingerprint density at radius 2 is 1.85 bits per heavy atom. The zero-order valence-electron chi connectivity index (χ0n) is 15.7. The maximum absolute atomic E-state index is 14.4. The van der Waals surface area contributed by atoms with Crippen LogP contribution in [0, 0.1) is 11.8 Å². The largest absolute Gasteiger partial charge is 0.405 e. The van der Waals surface area contributed by atoms with Gasteiger partial charge in [0.15, 0.2) is 0 Å². The van der Waals surface area contributed by atoms with Crippen molar-refractivity contribution >= 4 is 0 Å². The lowest BCUT2D eigenvalue weighted by Crippen LogP contribution is -2.53. The Labute approximate surface area is 157 Å². The van der Waals surface area contributed by atoms with Crippen molar-refractivity contribution in [1.29, 1.82) is 0 Å². The van der Waals surface area contributed by atoms with E-state index in [0.717, 1.165) is 24.3 Å². The minimum atomic E-state index is -4.36. The number of nitrogens with one attached hydrogen (secondary N) is 1. The number of hydrazine groups is 1. The predicted octanol–water partition coefficient (Wildman–Crippen LogP) is 2.05. The van der Waals surface area contributed by atoms with Gasteiger partial charge in [-0.05, 0) is 38.0 Å². The molecule has 1 saturated heterocycles. The molecule has 3 aliphatic rings. The third kappa shape index (κ3) is 5.12. The monoisotopic (exact) mass is 397 g/mol. The molecular weight excluding hydrogens is 366 g/mol. The van der Waals surface area contributed by atoms with Crippen LogP contribution in [0.5, 0.6) is 0 Å². The molecule has 0 aromatic heterocycles. The zero-order valence-corrected chi connectivity index (χ0v) is 15.7. The minimum Gasteiger partial charge on any atom is -0.393 e. The fraction of sp³-hybridized carbons (Fsp3) is 1.00. The van der Waals surface area contributed by atoms with Crippen LogP contribution in [-0.4, -0.2) is 77.0 Å². The number of halogens is 4. The van der Waals surface area contributed by atoms with Gasteiger partial charge in [0.25, 0.3) is 0 Å². The van der Waals surface area contributed by atoms with Crippen molar-refractivity contribution in [2.45, 2.75) is 81.7 Å². The summed E-state index contributed by atoms with van der Waals surface area (Å²) < 4.78 is 53.8. The third-order valence-electron chi connectivity index (χ3n) is 6.49. The van der Waals surface area contributed by atoms with Gasteiger partial charge in [0, 0.05) is 32.5 Å². The van der Waals surface area contributed by atoms with Crippen molar-refractivity contribution in [2.75, 3.05) is 20.1 Å². The molecule has 9 heteroatoms. The summed E-state index contributed by atoms with van der Waals surface area (Å²) in [7, 11) is 1.33. The molecule has 2 aliphatic carbocycles. The summed E-state index contributed by atoms with van der Waals surface area (Å²) in [5.41, 5.74) is 2.74. The maximum atomic E-state index is 14.4. The summed E-state index contributed by atoms with van der Waals surface area (Å²) in [5, 5.41) is 21.5. The number of aliphatic hydroxyl groups excluding tert-OH is 2. The summed E-state index contributed by atoms with van der Waals surface area (Å²) >= 11 is 0. The number of aliphatic hydroxyl groups is 2. The van der Waals surface area contributed by atoms with Crippen molar-refractivity contribution in [1.82, 2.24) is 15.3 Å². The van der Waals surface area contributed by atoms with Crippen LogP contribution in [0.2, 0.25) is 0 Å². The van der Waals surface area contributed by atoms with Crippen LogP contribution in [0.4, 0.5) is 17.6 Å². The van der Waals surface area contributed by atoms with E-state index in [2.05, 4.69) is 5.43 Å². The molecule has 2 saturated carbocycles. The number of alkyl halides is 4. The highest BCUT2D eigenvalue weighted by Gasteiger charge is 2.50. The van der Waals surface area contributed by atoms with Crippen molar-refractivity contribution < 1.29 is 27.8 Å². The molecule has 0 aromatic carbocycles. The molecule has 0 bridgehead atoms. The van der Waals surface area contributed by atoms with Crippen LogP contribution < -0.4 is 5.43 Å². The second-order valence-corrected chi connectivity index (χ2v) is 8.55. The van der Waals surface area contributed by atoms with E-state index in [1.807, 2.05) is 0 Å². The highest BCUT2D eigenvalue weighted by molar-refractivity contribution is 4.93. The third-order valence-corrected chi connectivity index (χ3v) is 6.49. The quantitative estimate of drug-likeness (QED) is 0.473. The van der Waals surface area contributed by atoms with Crippen LogP contribution >= 0.6 is 0 Å². The van der Waals surface area contributed by atoms with E-state index in [-0.39, 0.29) is 18.8 Å². The van der Waals surface area contributed by atoms with E-state index < -0.39 is 36.8 Å². The molecule has 0 radical (unpaired) electrons. The summed E-state index contributed by atoms with van der Waals surface area (Å²) in [6, 6.07) is -2.38. The molecule has 1 heterocycles. The topological polar surface area (TPSA) is 59.0 Å². The maximum Gasteiger partial charge on any atom is 0.405 e. The Morgan fingerprint density at radius 1 is 1.15 bits per heavy atom. The second-order valence-electron chi connectivity index (χ2n) is 8.55. The lowest BCUT2D eigenvalue weighted by atomic mass is 9.83. The van der Waals surface area contributed by atoms with Crippen molar-refractivity contribution in [3.8, 4) is 0 Å². The van der Waals surface area contributed by atoms with Gasteiger partial charge in [-0.3, -0.25) is 4.90 Å². The Balaban J connectivity index is 1.65. The number of hydrogen-bond donors (Lipinski definition) is 3. The van der Waals surface area contributed by atoms with Gasteiger partial charge in [-0.15, -0.1) is 0 Å². The molecule has 3 fully saturated rings. The first-order valence-corrected chi connectivity index (χ1v) is 9.95. The van der Waals surface area contributed by atoms with Gasteiger partial charge in [0.05, 0.1) is 12.1 Å². The molecule has 6 atom stereocenters. The molecule has 6 unspecified atom stereocenters. The Kier molecular flexibility index (Phi) is 6.67. The van der Waals surface area contributed by atoms with E-state index in [1.54, 1.807) is 4.90 Å². The van der Waals surface area contributed by atoms with Crippen LogP contribution in [-0.2, 0) is 0 Å². The summed E-state index contributed by atoms with van der Waals surface area (Å²) in [6.45, 7) is 0.885. The van der Waals surface area contributed by atoms with Crippen molar-refractivity contribution in [3.63, 3.8) is 0 Å². The van der Waals surface area contributed by atoms with Crippen LogP contribution in [0.3, 0.4) is 0 Å². The molecule has 0 aromatic rings. The number of rotatable bonds is 6. The summed E-state index contributed by atoms with van der Waals surface area (Å²) in [4.78, 5) is 1.77. The van der Waals surface area contributed by atoms with Gasteiger partial charge >= 0.3 is 6.18 Å². The van der Waals surface area contributed by atoms with E-state index in [9.17, 15) is 27.8 Å². The molecular formula is C18H31F4N3O2. The molecule has 3 rings (SSSR count). The first kappa shape index (κ1) is 21.2. The first-order chi connectivity index (χ1) is 12.6. The highest BCUT2D eigenvalue weighted by Crippen LogP contribution is 2.35. The van der Waals surface area contributed by atoms with Crippen LogP contribution in [0.1, 0.15) is 44.9 Å². The van der Waals surface area contributed by atoms with Gasteiger partial charge in [0.1, 0.15) is 18.4 Å². The summed E-state index contributed by atoms with van der Waals surface area (Å²) in [5.74, 6) is 0.102. The molecule has 5 nitrogen and oxygen atoms in total. The fourth-order valence-corrected chi connectivity index (χ4v) is 4.56. The molecule has 158 valence electrons. The highest BCUT2D eigenvalue weighted by atomic mass is 19.4. The van der Waals surface area contributed by atoms with Gasteiger partial charge in [-0.25, -0.2) is 14.8 Å². The Hall–Kier alpha value is -0.480. The lowest BCUT2D eigenvalue weighted by Gasteiger charge is -2.40. The Morgan fingerprint density at radius 3 is 2.37 bits per heavy atom. The van der Waals surface area contributed by atoms with Gasteiger partial charge in [0.2, 0.25) is 0 Å². The normalized spacial score (nSPS) is 37.6. The van der Waals surface area contributed by atoms with E-state index in [1.165, 1.54) is 7.05 Å². The van der Waals surface area contributed by atoms with Crippen molar-refractivity contribution in [3.05, 3.63) is 0 Å². The average Bonchev–Trinajstić information content (AvgIpc) is 2.93. The fourth-order valence-electron chi connectivity index (χ4n) is 4.56.